The van der Waals surface area contributed by atoms with Crippen LogP contribution in [-0.2, 0) is 0 Å². The monoisotopic (exact) mass is 516 g/mol. The van der Waals surface area contributed by atoms with Gasteiger partial charge in [-0.2, -0.15) is 5.10 Å². The van der Waals surface area contributed by atoms with Gasteiger partial charge in [-0.25, -0.2) is 40.4 Å². The maximum absolute atomic E-state index is 14.5. The number of halogens is 7. The first-order valence-electron chi connectivity index (χ1n) is 10.5. The van der Waals surface area contributed by atoms with Crippen LogP contribution < -0.4 is 0 Å². The van der Waals surface area contributed by atoms with Gasteiger partial charge in [0.2, 0.25) is 0 Å². The molecule has 1 saturated heterocycles. The number of nitrogens with zero attached hydrogens (tertiary/aromatic N) is 6. The molecule has 15 heteroatoms. The van der Waals surface area contributed by atoms with Gasteiger partial charge in [0.1, 0.15) is 23.3 Å². The van der Waals surface area contributed by atoms with E-state index in [1.807, 2.05) is 0 Å². The molecule has 1 aliphatic heterocycles. The van der Waals surface area contributed by atoms with Crippen LogP contribution >= 0.6 is 0 Å². The summed E-state index contributed by atoms with van der Waals surface area (Å²) in [5.74, 6) is -6.56. The highest BCUT2D eigenvalue weighted by molar-refractivity contribution is 5.99. The van der Waals surface area contributed by atoms with Crippen LogP contribution in [0.4, 0.5) is 30.7 Å². The van der Waals surface area contributed by atoms with Crippen molar-refractivity contribution in [3.63, 3.8) is 0 Å². The highest BCUT2D eigenvalue weighted by atomic mass is 19.3. The molecule has 1 fully saturated rings. The molecule has 0 aromatic carbocycles. The molecule has 0 saturated carbocycles. The van der Waals surface area contributed by atoms with Crippen LogP contribution in [0.3, 0.4) is 0 Å². The summed E-state index contributed by atoms with van der Waals surface area (Å²) in [4.78, 5) is 21.3. The molecule has 5 rings (SSSR count). The minimum atomic E-state index is -3.57. The van der Waals surface area contributed by atoms with Crippen LogP contribution in [0.5, 0.6) is 0 Å². The Morgan fingerprint density at radius 1 is 1.14 bits per heavy atom. The number of aromatic nitrogens is 5. The van der Waals surface area contributed by atoms with Gasteiger partial charge in [-0.3, -0.25) is 14.2 Å². The average molecular weight is 516 g/mol. The average Bonchev–Trinajstić information content (AvgIpc) is 3.40. The molecule has 4 aromatic rings. The van der Waals surface area contributed by atoms with E-state index >= 15 is 0 Å². The van der Waals surface area contributed by atoms with Crippen LogP contribution in [0.25, 0.3) is 27.9 Å². The molecule has 1 N–H and O–H groups in total. The fourth-order valence-corrected chi connectivity index (χ4v) is 4.09. The highest BCUT2D eigenvalue weighted by Gasteiger charge is 2.45. The highest BCUT2D eigenvalue weighted by Crippen LogP contribution is 2.34. The Bertz CT molecular complexity index is 1490. The van der Waals surface area contributed by atoms with Crippen LogP contribution in [0.15, 0.2) is 30.7 Å². The Hall–Kier alpha value is -3.75. The molecule has 8 nitrogen and oxygen atoms in total. The number of likely N-dealkylation sites (tertiary alicyclic amines) is 1. The predicted molar refractivity (Wildman–Crippen MR) is 109 cm³/mol. The number of aliphatic hydroxyl groups is 1. The standard InChI is InChI=1S/C21H15F7N6O2/c22-9-3-11(23)19-30-6-14(33(19)7-9)16-10-5-29-12(4-13(10)34(31-16)18(26)17(24)25)20(36)32-2-1-15(35)21(27,28)8-32/h3-7,15,17-18,35H,1-2,8H2. The summed E-state index contributed by atoms with van der Waals surface area (Å²) in [6.07, 6.45) is -5.92. The zero-order valence-electron chi connectivity index (χ0n) is 17.9. The van der Waals surface area contributed by atoms with Gasteiger partial charge >= 0.3 is 0 Å². The number of rotatable bonds is 4. The minimum Gasteiger partial charge on any atom is -0.387 e. The van der Waals surface area contributed by atoms with Crippen LogP contribution in [0.1, 0.15) is 23.2 Å². The number of fused-ring (bicyclic) bond motifs is 2. The first kappa shape index (κ1) is 24.0. The zero-order chi connectivity index (χ0) is 25.9. The first-order valence-corrected chi connectivity index (χ1v) is 10.5. The lowest BCUT2D eigenvalue weighted by atomic mass is 10.0. The molecule has 36 heavy (non-hydrogen) atoms. The topological polar surface area (TPSA) is 88.6 Å². The van der Waals surface area contributed by atoms with Crippen molar-refractivity contribution >= 4 is 22.5 Å². The van der Waals surface area contributed by atoms with Crippen LogP contribution in [-0.4, -0.2) is 71.6 Å². The number of pyridine rings is 2. The Balaban J connectivity index is 1.64. The Morgan fingerprint density at radius 2 is 1.89 bits per heavy atom. The Labute approximate surface area is 196 Å². The number of hydrogen-bond acceptors (Lipinski definition) is 5. The minimum absolute atomic E-state index is 0.0688. The van der Waals surface area contributed by atoms with Gasteiger partial charge in [-0.05, 0) is 12.5 Å². The van der Waals surface area contributed by atoms with Crippen molar-refractivity contribution in [2.45, 2.75) is 31.2 Å². The molecule has 0 bridgehead atoms. The number of alkyl halides is 5. The van der Waals surface area contributed by atoms with Gasteiger partial charge in [0.05, 0.1) is 24.0 Å². The van der Waals surface area contributed by atoms with E-state index in [4.69, 9.17) is 0 Å². The summed E-state index contributed by atoms with van der Waals surface area (Å²) in [5.41, 5.74) is -1.41. The van der Waals surface area contributed by atoms with E-state index in [0.29, 0.717) is 6.07 Å². The fraction of sp³-hybridized carbons (Fsp3) is 0.333. The summed E-state index contributed by atoms with van der Waals surface area (Å²) < 4.78 is 98.0. The molecule has 2 atom stereocenters. The normalized spacial score (nSPS) is 18.9. The molecular weight excluding hydrogens is 501 g/mol. The molecule has 5 heterocycles. The molecule has 190 valence electrons. The quantitative estimate of drug-likeness (QED) is 0.419. The van der Waals surface area contributed by atoms with Crippen molar-refractivity contribution in [2.75, 3.05) is 13.1 Å². The lowest BCUT2D eigenvalue weighted by Gasteiger charge is -2.35. The molecule has 0 aliphatic carbocycles. The number of carbonyl (C=O) groups excluding carboxylic acids is 1. The number of aliphatic hydroxyl groups excluding tert-OH is 1. The van der Waals surface area contributed by atoms with E-state index in [1.54, 1.807) is 0 Å². The summed E-state index contributed by atoms with van der Waals surface area (Å²) in [6, 6.07) is 1.50. The Morgan fingerprint density at radius 3 is 2.58 bits per heavy atom. The van der Waals surface area contributed by atoms with Crippen molar-refractivity contribution < 1.29 is 40.6 Å². The van der Waals surface area contributed by atoms with Crippen molar-refractivity contribution in [2.24, 2.45) is 0 Å². The molecule has 4 aromatic heterocycles. The largest absolute Gasteiger partial charge is 0.387 e. The number of piperidine rings is 1. The van der Waals surface area contributed by atoms with E-state index < -0.39 is 60.9 Å². The second kappa shape index (κ2) is 8.43. The zero-order valence-corrected chi connectivity index (χ0v) is 17.9. The van der Waals surface area contributed by atoms with Crippen molar-refractivity contribution in [1.82, 2.24) is 29.0 Å². The lowest BCUT2D eigenvalue weighted by molar-refractivity contribution is -0.142. The van der Waals surface area contributed by atoms with Gasteiger partial charge in [-0.1, -0.05) is 0 Å². The summed E-state index contributed by atoms with van der Waals surface area (Å²) in [5, 5.41) is 13.2. The molecule has 0 radical (unpaired) electrons. The summed E-state index contributed by atoms with van der Waals surface area (Å²) in [6.45, 7) is -1.32. The van der Waals surface area contributed by atoms with Crippen molar-refractivity contribution in [3.05, 3.63) is 48.1 Å². The predicted octanol–water partition coefficient (Wildman–Crippen LogP) is 3.60. The number of hydrogen-bond donors (Lipinski definition) is 1. The lowest BCUT2D eigenvalue weighted by Crippen LogP contribution is -2.53. The number of amides is 1. The van der Waals surface area contributed by atoms with Gasteiger partial charge in [-0.15, -0.1) is 0 Å². The summed E-state index contributed by atoms with van der Waals surface area (Å²) in [7, 11) is 0. The third kappa shape index (κ3) is 3.83. The third-order valence-corrected chi connectivity index (χ3v) is 5.87. The third-order valence-electron chi connectivity index (χ3n) is 5.87. The number of carbonyl (C=O) groups is 1. The second-order valence-electron chi connectivity index (χ2n) is 8.22. The molecule has 1 aliphatic rings. The van der Waals surface area contributed by atoms with Crippen molar-refractivity contribution in [3.8, 4) is 11.4 Å². The molecule has 0 spiro atoms. The summed E-state index contributed by atoms with van der Waals surface area (Å²) >= 11 is 0. The molecular formula is C21H15F7N6O2. The van der Waals surface area contributed by atoms with E-state index in [0.717, 1.165) is 34.0 Å². The van der Waals surface area contributed by atoms with Gasteiger partial charge in [0.15, 0.2) is 11.5 Å². The van der Waals surface area contributed by atoms with Gasteiger partial charge in [0, 0.05) is 30.4 Å². The van der Waals surface area contributed by atoms with Crippen LogP contribution in [0.2, 0.25) is 0 Å². The van der Waals surface area contributed by atoms with E-state index in [9.17, 15) is 40.6 Å². The van der Waals surface area contributed by atoms with Gasteiger partial charge in [0.25, 0.3) is 24.6 Å². The SMILES string of the molecule is O=C(c1cc2c(cn1)c(-c1cnc3c(F)cc(F)cn13)nn2C(F)C(F)F)N1CCC(O)C(F)(F)C1. The van der Waals surface area contributed by atoms with Crippen molar-refractivity contribution in [1.29, 1.82) is 0 Å². The maximum atomic E-state index is 14.5. The second-order valence-corrected chi connectivity index (χ2v) is 8.22. The molecule has 2 unspecified atom stereocenters. The number of imidazole rings is 1. The maximum Gasteiger partial charge on any atom is 0.290 e. The Kier molecular flexibility index (Phi) is 5.61. The van der Waals surface area contributed by atoms with E-state index in [1.165, 1.54) is 0 Å². The van der Waals surface area contributed by atoms with Gasteiger partial charge < -0.3 is 10.0 Å². The van der Waals surface area contributed by atoms with E-state index in [2.05, 4.69) is 15.1 Å². The van der Waals surface area contributed by atoms with E-state index in [-0.39, 0.29) is 39.2 Å². The van der Waals surface area contributed by atoms with Crippen LogP contribution in [0, 0.1) is 11.6 Å². The fourth-order valence-electron chi connectivity index (χ4n) is 4.09. The molecule has 1 amide bonds. The first-order chi connectivity index (χ1) is 17.0. The smallest absolute Gasteiger partial charge is 0.290 e.